The minimum Gasteiger partial charge on any atom is -0.493 e. The summed E-state index contributed by atoms with van der Waals surface area (Å²) < 4.78 is 10.8. The highest BCUT2D eigenvalue weighted by molar-refractivity contribution is 5.75. The molecule has 1 aromatic heterocycles. The van der Waals surface area contributed by atoms with Gasteiger partial charge in [-0.25, -0.2) is 0 Å². The third kappa shape index (κ3) is 3.58. The van der Waals surface area contributed by atoms with Gasteiger partial charge in [0.05, 0.1) is 14.2 Å². The van der Waals surface area contributed by atoms with E-state index in [-0.39, 0.29) is 0 Å². The van der Waals surface area contributed by atoms with Crippen LogP contribution in [0.3, 0.4) is 0 Å². The average Bonchev–Trinajstić information content (AvgIpc) is 2.83. The molecule has 0 aliphatic carbocycles. The van der Waals surface area contributed by atoms with Gasteiger partial charge in [-0.2, -0.15) is 0 Å². The normalized spacial score (nSPS) is 15.8. The molecule has 0 spiro atoms. The highest BCUT2D eigenvalue weighted by Crippen LogP contribution is 2.33. The molecule has 1 N–H and O–H groups in total. The largest absolute Gasteiger partial charge is 0.493 e. The van der Waals surface area contributed by atoms with Gasteiger partial charge < -0.3 is 14.6 Å². The molecular weight excluding hydrogens is 320 g/mol. The summed E-state index contributed by atoms with van der Waals surface area (Å²) in [6.07, 6.45) is 4.81. The molecule has 132 valence electrons. The van der Waals surface area contributed by atoms with Crippen molar-refractivity contribution in [3.63, 3.8) is 0 Å². The number of rotatable bonds is 5. The predicted molar refractivity (Wildman–Crippen MR) is 93.1 cm³/mol. The Hall–Kier alpha value is -2.60. The lowest BCUT2D eigenvalue weighted by molar-refractivity contribution is -0.143. The molecule has 0 saturated carbocycles. The standard InChI is InChI=1S/C19H22N2O4/c1-24-16-10-13-5-8-21(9-6-14(13)11-17(16)25-2)18(19(22)23)15-4-3-7-20-12-15/h3-4,7,10-12,18H,5-6,8-9H2,1-2H3,(H,22,23). The van der Waals surface area contributed by atoms with E-state index in [1.165, 1.54) is 11.1 Å². The molecule has 3 rings (SSSR count). The first-order valence-electron chi connectivity index (χ1n) is 8.24. The van der Waals surface area contributed by atoms with Gasteiger partial charge in [-0.1, -0.05) is 6.07 Å². The van der Waals surface area contributed by atoms with Crippen LogP contribution in [0, 0.1) is 0 Å². The van der Waals surface area contributed by atoms with Crippen LogP contribution in [0.5, 0.6) is 11.5 Å². The third-order valence-corrected chi connectivity index (χ3v) is 4.64. The van der Waals surface area contributed by atoms with Gasteiger partial charge in [0, 0.05) is 25.5 Å². The maximum Gasteiger partial charge on any atom is 0.325 e. The van der Waals surface area contributed by atoms with Crippen molar-refractivity contribution in [2.45, 2.75) is 18.9 Å². The van der Waals surface area contributed by atoms with E-state index in [1.807, 2.05) is 23.1 Å². The van der Waals surface area contributed by atoms with Gasteiger partial charge in [0.2, 0.25) is 0 Å². The molecule has 1 atom stereocenters. The van der Waals surface area contributed by atoms with Crippen LogP contribution in [0.25, 0.3) is 0 Å². The zero-order valence-corrected chi connectivity index (χ0v) is 14.4. The third-order valence-electron chi connectivity index (χ3n) is 4.64. The maximum absolute atomic E-state index is 11.9. The Morgan fingerprint density at radius 1 is 1.16 bits per heavy atom. The van der Waals surface area contributed by atoms with E-state index in [0.29, 0.717) is 30.2 Å². The Balaban J connectivity index is 1.87. The SMILES string of the molecule is COc1cc2c(cc1OC)CCN(C(C(=O)O)c1cccnc1)CC2. The summed E-state index contributed by atoms with van der Waals surface area (Å²) >= 11 is 0. The van der Waals surface area contributed by atoms with Gasteiger partial charge in [-0.05, 0) is 47.7 Å². The number of pyridine rings is 1. The van der Waals surface area contributed by atoms with Crippen molar-refractivity contribution in [2.75, 3.05) is 27.3 Å². The number of aliphatic carboxylic acids is 1. The van der Waals surface area contributed by atoms with E-state index < -0.39 is 12.0 Å². The van der Waals surface area contributed by atoms with Gasteiger partial charge in [-0.3, -0.25) is 14.7 Å². The van der Waals surface area contributed by atoms with Crippen LogP contribution < -0.4 is 9.47 Å². The molecule has 2 heterocycles. The van der Waals surface area contributed by atoms with E-state index in [1.54, 1.807) is 32.7 Å². The molecule has 0 amide bonds. The van der Waals surface area contributed by atoms with Crippen molar-refractivity contribution in [2.24, 2.45) is 0 Å². The molecule has 0 bridgehead atoms. The van der Waals surface area contributed by atoms with E-state index in [9.17, 15) is 9.90 Å². The number of carbonyl (C=O) groups is 1. The summed E-state index contributed by atoms with van der Waals surface area (Å²) in [6.45, 7) is 1.32. The highest BCUT2D eigenvalue weighted by atomic mass is 16.5. The van der Waals surface area contributed by atoms with Crippen LogP contribution in [0.15, 0.2) is 36.7 Å². The highest BCUT2D eigenvalue weighted by Gasteiger charge is 2.29. The summed E-state index contributed by atoms with van der Waals surface area (Å²) in [6, 6.07) is 6.89. The lowest BCUT2D eigenvalue weighted by Crippen LogP contribution is -2.36. The molecule has 6 heteroatoms. The van der Waals surface area contributed by atoms with Crippen molar-refractivity contribution >= 4 is 5.97 Å². The molecule has 0 radical (unpaired) electrons. The lowest BCUT2D eigenvalue weighted by atomic mass is 10.0. The zero-order chi connectivity index (χ0) is 17.8. The Morgan fingerprint density at radius 3 is 2.20 bits per heavy atom. The molecule has 25 heavy (non-hydrogen) atoms. The summed E-state index contributed by atoms with van der Waals surface area (Å²) in [5.74, 6) is 0.558. The minimum absolute atomic E-state index is 0.661. The van der Waals surface area contributed by atoms with Gasteiger partial charge in [0.15, 0.2) is 11.5 Å². The Kier molecular flexibility index (Phi) is 5.19. The van der Waals surface area contributed by atoms with Crippen molar-refractivity contribution in [1.82, 2.24) is 9.88 Å². The molecule has 1 aliphatic heterocycles. The van der Waals surface area contributed by atoms with Gasteiger partial charge in [0.25, 0.3) is 0 Å². The summed E-state index contributed by atoms with van der Waals surface area (Å²) in [5, 5.41) is 9.74. The van der Waals surface area contributed by atoms with Gasteiger partial charge in [-0.15, -0.1) is 0 Å². The topological polar surface area (TPSA) is 71.9 Å². The predicted octanol–water partition coefficient (Wildman–Crippen LogP) is 2.33. The molecule has 1 aliphatic rings. The first-order valence-corrected chi connectivity index (χ1v) is 8.24. The Morgan fingerprint density at radius 2 is 1.76 bits per heavy atom. The van der Waals surface area contributed by atoms with Crippen molar-refractivity contribution < 1.29 is 19.4 Å². The number of aromatic nitrogens is 1. The maximum atomic E-state index is 11.9. The molecule has 2 aromatic rings. The second-order valence-corrected chi connectivity index (χ2v) is 6.04. The van der Waals surface area contributed by atoms with E-state index in [0.717, 1.165) is 12.8 Å². The smallest absolute Gasteiger partial charge is 0.325 e. The van der Waals surface area contributed by atoms with E-state index in [4.69, 9.17) is 9.47 Å². The second-order valence-electron chi connectivity index (χ2n) is 6.04. The fourth-order valence-electron chi connectivity index (χ4n) is 3.37. The first kappa shape index (κ1) is 17.2. The molecule has 1 aromatic carbocycles. The molecule has 0 saturated heterocycles. The van der Waals surface area contributed by atoms with Crippen molar-refractivity contribution in [3.8, 4) is 11.5 Å². The van der Waals surface area contributed by atoms with Crippen molar-refractivity contribution in [1.29, 1.82) is 0 Å². The van der Waals surface area contributed by atoms with E-state index >= 15 is 0 Å². The fraction of sp³-hybridized carbons (Fsp3) is 0.368. The summed E-state index contributed by atoms with van der Waals surface area (Å²) in [4.78, 5) is 17.9. The molecule has 6 nitrogen and oxygen atoms in total. The quantitative estimate of drug-likeness (QED) is 0.899. The number of carboxylic acids is 1. The lowest BCUT2D eigenvalue weighted by Gasteiger charge is -2.27. The van der Waals surface area contributed by atoms with Gasteiger partial charge >= 0.3 is 5.97 Å². The van der Waals surface area contributed by atoms with Crippen LogP contribution in [0.1, 0.15) is 22.7 Å². The van der Waals surface area contributed by atoms with Gasteiger partial charge in [0.1, 0.15) is 6.04 Å². The van der Waals surface area contributed by atoms with Crippen LogP contribution in [-0.4, -0.2) is 48.3 Å². The van der Waals surface area contributed by atoms with Crippen LogP contribution >= 0.6 is 0 Å². The van der Waals surface area contributed by atoms with Crippen molar-refractivity contribution in [3.05, 3.63) is 53.3 Å². The number of hydrogen-bond donors (Lipinski definition) is 1. The Bertz CT molecular complexity index is 714. The van der Waals surface area contributed by atoms with E-state index in [2.05, 4.69) is 4.98 Å². The molecular formula is C19H22N2O4. The first-order chi connectivity index (χ1) is 12.1. The van der Waals surface area contributed by atoms with Crippen LogP contribution in [-0.2, 0) is 17.6 Å². The zero-order valence-electron chi connectivity index (χ0n) is 14.4. The van der Waals surface area contributed by atoms with Crippen LogP contribution in [0.2, 0.25) is 0 Å². The molecule has 1 unspecified atom stereocenters. The average molecular weight is 342 g/mol. The number of ether oxygens (including phenoxy) is 2. The van der Waals surface area contributed by atoms with Crippen LogP contribution in [0.4, 0.5) is 0 Å². The number of methoxy groups -OCH3 is 2. The fourth-order valence-corrected chi connectivity index (χ4v) is 3.37. The second kappa shape index (κ2) is 7.53. The monoisotopic (exact) mass is 342 g/mol. The number of nitrogens with zero attached hydrogens (tertiary/aromatic N) is 2. The molecule has 0 fully saturated rings. The number of hydrogen-bond acceptors (Lipinski definition) is 5. The number of fused-ring (bicyclic) bond motifs is 1. The number of benzene rings is 1. The summed E-state index contributed by atoms with van der Waals surface area (Å²) in [7, 11) is 3.24. The number of carboxylic acid groups (broad SMARTS) is 1. The Labute approximate surface area is 147 Å². The minimum atomic E-state index is -0.853. The summed E-state index contributed by atoms with van der Waals surface area (Å²) in [5.41, 5.74) is 3.06.